The number of carbonyl (C=O) groups excluding carboxylic acids is 1. The Hall–Kier alpha value is -3.23. The van der Waals surface area contributed by atoms with Gasteiger partial charge in [-0.05, 0) is 44.2 Å². The molecule has 3 rings (SSSR count). The van der Waals surface area contributed by atoms with E-state index in [4.69, 9.17) is 5.41 Å². The minimum Gasteiger partial charge on any atom is -0.316 e. The Morgan fingerprint density at radius 2 is 1.69 bits per heavy atom. The van der Waals surface area contributed by atoms with Crippen LogP contribution in [0.1, 0.15) is 41.9 Å². The monoisotopic (exact) mass is 450 g/mol. The van der Waals surface area contributed by atoms with Crippen LogP contribution >= 0.6 is 0 Å². The van der Waals surface area contributed by atoms with Gasteiger partial charge in [0, 0.05) is 17.8 Å². The molecule has 0 amide bonds. The molecule has 166 valence electrons. The van der Waals surface area contributed by atoms with Crippen molar-refractivity contribution >= 4 is 21.3 Å². The number of aromatic nitrogens is 2. The molecule has 32 heavy (non-hydrogen) atoms. The van der Waals surface area contributed by atoms with Crippen LogP contribution in [0.5, 0.6) is 0 Å². The topological polar surface area (TPSA) is 113 Å². The zero-order chi connectivity index (χ0) is 23.3. The molecule has 0 aliphatic carbocycles. The first kappa shape index (κ1) is 23.4. The lowest BCUT2D eigenvalue weighted by molar-refractivity contribution is 0.0995. The summed E-state index contributed by atoms with van der Waals surface area (Å²) in [6.07, 6.45) is 2.82. The van der Waals surface area contributed by atoms with Crippen LogP contribution in [0.4, 0.5) is 0 Å². The predicted molar refractivity (Wildman–Crippen MR) is 125 cm³/mol. The summed E-state index contributed by atoms with van der Waals surface area (Å²) in [5.41, 5.74) is 3.28. The molecule has 0 radical (unpaired) electrons. The van der Waals surface area contributed by atoms with E-state index in [-0.39, 0.29) is 28.5 Å². The molecule has 0 unspecified atom stereocenters. The maximum absolute atomic E-state index is 12.7. The number of rotatable bonds is 9. The van der Waals surface area contributed by atoms with Gasteiger partial charge in [-0.25, -0.2) is 13.4 Å². The van der Waals surface area contributed by atoms with E-state index in [1.54, 1.807) is 26.0 Å². The molecule has 2 aromatic carbocycles. The molecule has 0 atom stereocenters. The van der Waals surface area contributed by atoms with E-state index in [1.807, 2.05) is 31.3 Å². The van der Waals surface area contributed by atoms with E-state index in [1.165, 1.54) is 24.5 Å². The van der Waals surface area contributed by atoms with Gasteiger partial charge in [0.25, 0.3) is 0 Å². The normalized spacial score (nSPS) is 11.5. The summed E-state index contributed by atoms with van der Waals surface area (Å²) in [7, 11) is -1.49. The SMILES string of the molecule is CNCc1ccc(C(=N)CC(=O)c2cncc(-c3ccc(S(=O)(=O)C(C)C)cc3)n2)cc1. The largest absolute Gasteiger partial charge is 0.316 e. The quantitative estimate of drug-likeness (QED) is 0.380. The highest BCUT2D eigenvalue weighted by Gasteiger charge is 2.19. The number of nitrogens with one attached hydrogen (secondary N) is 2. The Morgan fingerprint density at radius 3 is 2.28 bits per heavy atom. The molecule has 1 heterocycles. The van der Waals surface area contributed by atoms with Gasteiger partial charge in [0.1, 0.15) is 5.69 Å². The summed E-state index contributed by atoms with van der Waals surface area (Å²) < 4.78 is 24.6. The molecule has 0 spiro atoms. The average Bonchev–Trinajstić information content (AvgIpc) is 2.79. The number of carbonyl (C=O) groups is 1. The van der Waals surface area contributed by atoms with Crippen LogP contribution in [0, 0.1) is 5.41 Å². The van der Waals surface area contributed by atoms with E-state index in [0.717, 1.165) is 12.1 Å². The average molecular weight is 451 g/mol. The number of hydrogen-bond acceptors (Lipinski definition) is 7. The van der Waals surface area contributed by atoms with Gasteiger partial charge in [-0.3, -0.25) is 9.78 Å². The van der Waals surface area contributed by atoms with Crippen molar-refractivity contribution in [2.75, 3.05) is 7.05 Å². The highest BCUT2D eigenvalue weighted by Crippen LogP contribution is 2.22. The summed E-state index contributed by atoms with van der Waals surface area (Å²) in [6.45, 7) is 4.01. The highest BCUT2D eigenvalue weighted by atomic mass is 32.2. The number of sulfone groups is 1. The third kappa shape index (κ3) is 5.33. The molecule has 0 saturated carbocycles. The van der Waals surface area contributed by atoms with E-state index < -0.39 is 15.1 Å². The van der Waals surface area contributed by atoms with Gasteiger partial charge in [0.15, 0.2) is 15.6 Å². The van der Waals surface area contributed by atoms with Gasteiger partial charge in [-0.1, -0.05) is 36.4 Å². The Labute approximate surface area is 188 Å². The van der Waals surface area contributed by atoms with Gasteiger partial charge in [-0.15, -0.1) is 0 Å². The van der Waals surface area contributed by atoms with Crippen LogP contribution in [-0.2, 0) is 16.4 Å². The molecular weight excluding hydrogens is 424 g/mol. The van der Waals surface area contributed by atoms with Gasteiger partial charge in [0.05, 0.1) is 34.7 Å². The minimum absolute atomic E-state index is 0.0882. The third-order valence-corrected chi connectivity index (χ3v) is 7.21. The van der Waals surface area contributed by atoms with Crippen LogP contribution in [-0.4, -0.2) is 42.2 Å². The highest BCUT2D eigenvalue weighted by molar-refractivity contribution is 7.92. The lowest BCUT2D eigenvalue weighted by Gasteiger charge is -2.09. The summed E-state index contributed by atoms with van der Waals surface area (Å²) in [4.78, 5) is 21.5. The van der Waals surface area contributed by atoms with Crippen LogP contribution in [0.15, 0.2) is 65.8 Å². The van der Waals surface area contributed by atoms with Crippen LogP contribution in [0.2, 0.25) is 0 Å². The van der Waals surface area contributed by atoms with Crippen LogP contribution in [0.3, 0.4) is 0 Å². The molecular formula is C24H26N4O3S. The van der Waals surface area contributed by atoms with Crippen molar-refractivity contribution in [2.45, 2.75) is 37.0 Å². The second-order valence-corrected chi connectivity index (χ2v) is 10.2. The number of nitrogens with zero attached hydrogens (tertiary/aromatic N) is 2. The fourth-order valence-electron chi connectivity index (χ4n) is 3.11. The molecule has 2 N–H and O–H groups in total. The summed E-state index contributed by atoms with van der Waals surface area (Å²) >= 11 is 0. The van der Waals surface area contributed by atoms with Crippen molar-refractivity contribution in [3.63, 3.8) is 0 Å². The predicted octanol–water partition coefficient (Wildman–Crippen LogP) is 3.69. The number of benzene rings is 2. The molecule has 0 bridgehead atoms. The molecule has 7 nitrogen and oxygen atoms in total. The minimum atomic E-state index is -3.36. The zero-order valence-electron chi connectivity index (χ0n) is 18.3. The molecule has 0 aliphatic heterocycles. The van der Waals surface area contributed by atoms with E-state index in [0.29, 0.717) is 16.8 Å². The zero-order valence-corrected chi connectivity index (χ0v) is 19.1. The van der Waals surface area contributed by atoms with Crippen molar-refractivity contribution in [3.05, 3.63) is 77.7 Å². The number of hydrogen-bond donors (Lipinski definition) is 2. The molecule has 0 aliphatic rings. The van der Waals surface area contributed by atoms with Gasteiger partial charge < -0.3 is 10.7 Å². The summed E-state index contributed by atoms with van der Waals surface area (Å²) in [5, 5.41) is 10.8. The fourth-order valence-corrected chi connectivity index (χ4v) is 4.17. The van der Waals surface area contributed by atoms with E-state index in [9.17, 15) is 13.2 Å². The fraction of sp³-hybridized carbons (Fsp3) is 0.250. The lowest BCUT2D eigenvalue weighted by Crippen LogP contribution is -2.13. The van der Waals surface area contributed by atoms with Crippen LogP contribution < -0.4 is 5.32 Å². The van der Waals surface area contributed by atoms with Gasteiger partial charge in [0.2, 0.25) is 0 Å². The Balaban J connectivity index is 1.75. The van der Waals surface area contributed by atoms with Gasteiger partial charge >= 0.3 is 0 Å². The standard InChI is InChI=1S/C24H26N4O3S/c1-16(2)32(30,31)20-10-8-19(9-11-20)22-14-27-15-23(28-22)24(29)12-21(25)18-6-4-17(5-7-18)13-26-3/h4-11,14-16,25-26H,12-13H2,1-3H3. The van der Waals surface area contributed by atoms with Gasteiger partial charge in [-0.2, -0.15) is 0 Å². The van der Waals surface area contributed by atoms with Crippen molar-refractivity contribution in [1.82, 2.24) is 15.3 Å². The molecule has 3 aromatic rings. The Kier molecular flexibility index (Phi) is 7.27. The van der Waals surface area contributed by atoms with E-state index in [2.05, 4.69) is 15.3 Å². The summed E-state index contributed by atoms with van der Waals surface area (Å²) in [5.74, 6) is -0.303. The van der Waals surface area contributed by atoms with Crippen molar-refractivity contribution in [1.29, 1.82) is 5.41 Å². The molecule has 0 fully saturated rings. The number of ketones is 1. The summed E-state index contributed by atoms with van der Waals surface area (Å²) in [6, 6.07) is 13.9. The Bertz CT molecular complexity index is 1220. The molecule has 1 aromatic heterocycles. The molecule has 8 heteroatoms. The Morgan fingerprint density at radius 1 is 1.03 bits per heavy atom. The maximum Gasteiger partial charge on any atom is 0.188 e. The first-order valence-corrected chi connectivity index (χ1v) is 11.8. The second-order valence-electron chi connectivity index (χ2n) is 7.71. The second kappa shape index (κ2) is 9.93. The van der Waals surface area contributed by atoms with E-state index >= 15 is 0 Å². The van der Waals surface area contributed by atoms with Crippen molar-refractivity contribution < 1.29 is 13.2 Å². The van der Waals surface area contributed by atoms with Crippen molar-refractivity contribution in [3.8, 4) is 11.3 Å². The third-order valence-electron chi connectivity index (χ3n) is 5.04. The maximum atomic E-state index is 12.7. The first-order chi connectivity index (χ1) is 15.2. The lowest BCUT2D eigenvalue weighted by atomic mass is 10.0. The first-order valence-electron chi connectivity index (χ1n) is 10.2. The smallest absolute Gasteiger partial charge is 0.188 e. The number of Topliss-reactive ketones (excluding diaryl/α,β-unsaturated/α-hetero) is 1. The van der Waals surface area contributed by atoms with Crippen LogP contribution in [0.25, 0.3) is 11.3 Å². The van der Waals surface area contributed by atoms with Crippen molar-refractivity contribution in [2.24, 2.45) is 0 Å². The molecule has 0 saturated heterocycles.